The largest absolute Gasteiger partial charge is 0.481 e. The number of rotatable bonds is 5. The van der Waals surface area contributed by atoms with Gasteiger partial charge in [0.25, 0.3) is 5.69 Å². The van der Waals surface area contributed by atoms with Crippen LogP contribution in [0.1, 0.15) is 26.2 Å². The molecule has 1 aromatic heterocycles. The Bertz CT molecular complexity index is 535. The second-order valence-electron chi connectivity index (χ2n) is 5.55. The molecule has 2 rings (SSSR count). The van der Waals surface area contributed by atoms with Crippen LogP contribution in [0.2, 0.25) is 0 Å². The van der Waals surface area contributed by atoms with Crippen LogP contribution >= 0.6 is 0 Å². The summed E-state index contributed by atoms with van der Waals surface area (Å²) in [4.78, 5) is 27.4. The van der Waals surface area contributed by atoms with Gasteiger partial charge in [0, 0.05) is 31.8 Å². The second-order valence-corrected chi connectivity index (χ2v) is 5.55. The Hall–Kier alpha value is -2.18. The van der Waals surface area contributed by atoms with E-state index in [4.69, 9.17) is 5.11 Å². The van der Waals surface area contributed by atoms with Crippen LogP contribution in [0.25, 0.3) is 0 Å². The number of hydrogen-bond acceptors (Lipinski definition) is 5. The minimum atomic E-state index is -0.784. The molecular formula is C14H19N3O4. The Kier molecular flexibility index (Phi) is 4.72. The first-order valence-electron chi connectivity index (χ1n) is 7.04. The van der Waals surface area contributed by atoms with E-state index in [0.717, 1.165) is 19.4 Å². The summed E-state index contributed by atoms with van der Waals surface area (Å²) in [6.07, 6.45) is 3.53. The molecule has 0 aromatic carbocycles. The maximum absolute atomic E-state index is 10.8. The third-order valence-electron chi connectivity index (χ3n) is 4.02. The van der Waals surface area contributed by atoms with Gasteiger partial charge in [-0.15, -0.1) is 0 Å². The summed E-state index contributed by atoms with van der Waals surface area (Å²) >= 11 is 0. The zero-order valence-electron chi connectivity index (χ0n) is 11.9. The van der Waals surface area contributed by atoms with Gasteiger partial charge in [0.15, 0.2) is 0 Å². The quantitative estimate of drug-likeness (QED) is 0.661. The van der Waals surface area contributed by atoms with Crippen LogP contribution in [0.15, 0.2) is 18.3 Å². The van der Waals surface area contributed by atoms with Gasteiger partial charge in [-0.05, 0) is 24.7 Å². The minimum absolute atomic E-state index is 0.0284. The van der Waals surface area contributed by atoms with E-state index in [0.29, 0.717) is 12.4 Å². The lowest BCUT2D eigenvalue weighted by Gasteiger charge is -2.36. The molecule has 114 valence electrons. The summed E-state index contributed by atoms with van der Waals surface area (Å²) in [7, 11) is 0. The summed E-state index contributed by atoms with van der Waals surface area (Å²) in [5, 5.41) is 19.7. The van der Waals surface area contributed by atoms with Gasteiger partial charge >= 0.3 is 5.97 Å². The molecule has 2 heterocycles. The Morgan fingerprint density at radius 1 is 1.67 bits per heavy atom. The molecule has 2 unspecified atom stereocenters. The van der Waals surface area contributed by atoms with E-state index in [1.54, 1.807) is 0 Å². The molecule has 1 N–H and O–H groups in total. The van der Waals surface area contributed by atoms with Crippen molar-refractivity contribution in [3.05, 3.63) is 28.4 Å². The Morgan fingerprint density at radius 3 is 3.10 bits per heavy atom. The van der Waals surface area contributed by atoms with E-state index in [1.165, 1.54) is 18.3 Å². The van der Waals surface area contributed by atoms with E-state index in [2.05, 4.69) is 4.98 Å². The van der Waals surface area contributed by atoms with Crippen molar-refractivity contribution in [2.24, 2.45) is 11.8 Å². The van der Waals surface area contributed by atoms with Crippen LogP contribution < -0.4 is 4.90 Å². The number of carboxylic acids is 1. The number of anilines is 1. The molecule has 1 fully saturated rings. The molecule has 0 spiro atoms. The van der Waals surface area contributed by atoms with Gasteiger partial charge < -0.3 is 10.0 Å². The van der Waals surface area contributed by atoms with Gasteiger partial charge in [-0.1, -0.05) is 6.92 Å². The van der Waals surface area contributed by atoms with Gasteiger partial charge in [-0.3, -0.25) is 14.9 Å². The monoisotopic (exact) mass is 293 g/mol. The molecule has 1 aromatic rings. The number of aromatic nitrogens is 1. The third kappa shape index (κ3) is 3.90. The van der Waals surface area contributed by atoms with Crippen LogP contribution in [0, 0.1) is 22.0 Å². The van der Waals surface area contributed by atoms with E-state index in [-0.39, 0.29) is 23.9 Å². The number of carbonyl (C=O) groups is 1. The number of nitro groups is 1. The predicted octanol–water partition coefficient (Wildman–Crippen LogP) is 2.32. The molecule has 0 bridgehead atoms. The van der Waals surface area contributed by atoms with Gasteiger partial charge in [0.1, 0.15) is 5.82 Å². The predicted molar refractivity (Wildman–Crippen MR) is 77.2 cm³/mol. The third-order valence-corrected chi connectivity index (χ3v) is 4.02. The zero-order chi connectivity index (χ0) is 15.4. The summed E-state index contributed by atoms with van der Waals surface area (Å²) in [6.45, 7) is 3.44. The molecular weight excluding hydrogens is 274 g/mol. The van der Waals surface area contributed by atoms with Crippen molar-refractivity contribution in [1.82, 2.24) is 4.98 Å². The fourth-order valence-electron chi connectivity index (χ4n) is 2.82. The fraction of sp³-hybridized carbons (Fsp3) is 0.571. The van der Waals surface area contributed by atoms with E-state index >= 15 is 0 Å². The average Bonchev–Trinajstić information content (AvgIpc) is 2.47. The van der Waals surface area contributed by atoms with Gasteiger partial charge in [-0.25, -0.2) is 4.98 Å². The van der Waals surface area contributed by atoms with Crippen LogP contribution in [0.4, 0.5) is 11.5 Å². The maximum Gasteiger partial charge on any atom is 0.303 e. The summed E-state index contributed by atoms with van der Waals surface area (Å²) in [5.41, 5.74) is 0.0284. The van der Waals surface area contributed by atoms with Gasteiger partial charge in [0.05, 0.1) is 11.0 Å². The standard InChI is InChI=1S/C14H19N3O4/c1-10(7-14(18)19)11-3-2-6-16(9-11)13-8-12(17(20)21)4-5-15-13/h4-5,8,10-11H,2-3,6-7,9H2,1H3,(H,18,19). The first-order chi connectivity index (χ1) is 9.97. The maximum atomic E-state index is 10.8. The van der Waals surface area contributed by atoms with E-state index in [9.17, 15) is 14.9 Å². The van der Waals surface area contributed by atoms with E-state index in [1.807, 2.05) is 11.8 Å². The smallest absolute Gasteiger partial charge is 0.303 e. The van der Waals surface area contributed by atoms with Gasteiger partial charge in [-0.2, -0.15) is 0 Å². The Morgan fingerprint density at radius 2 is 2.43 bits per heavy atom. The number of carboxylic acid groups (broad SMARTS) is 1. The number of piperidine rings is 1. The highest BCUT2D eigenvalue weighted by molar-refractivity contribution is 5.67. The minimum Gasteiger partial charge on any atom is -0.481 e. The summed E-state index contributed by atoms with van der Waals surface area (Å²) in [6, 6.07) is 2.85. The SMILES string of the molecule is CC(CC(=O)O)C1CCCN(c2cc([N+](=O)[O-])ccn2)C1. The van der Waals surface area contributed by atoms with Crippen molar-refractivity contribution >= 4 is 17.5 Å². The van der Waals surface area contributed by atoms with Gasteiger partial charge in [0.2, 0.25) is 0 Å². The second kappa shape index (κ2) is 6.51. The van der Waals surface area contributed by atoms with Crippen molar-refractivity contribution < 1.29 is 14.8 Å². The number of aliphatic carboxylic acids is 1. The first kappa shape index (κ1) is 15.2. The molecule has 7 nitrogen and oxygen atoms in total. The molecule has 0 saturated carbocycles. The molecule has 0 amide bonds. The number of hydrogen-bond donors (Lipinski definition) is 1. The van der Waals surface area contributed by atoms with Crippen LogP contribution in [-0.4, -0.2) is 34.1 Å². The fourth-order valence-corrected chi connectivity index (χ4v) is 2.82. The van der Waals surface area contributed by atoms with Crippen LogP contribution in [0.3, 0.4) is 0 Å². The van der Waals surface area contributed by atoms with Crippen molar-refractivity contribution in [2.45, 2.75) is 26.2 Å². The normalized spacial score (nSPS) is 20.0. The number of pyridine rings is 1. The Balaban J connectivity index is 2.08. The topological polar surface area (TPSA) is 96.6 Å². The lowest BCUT2D eigenvalue weighted by atomic mass is 9.84. The molecule has 2 atom stereocenters. The molecule has 21 heavy (non-hydrogen) atoms. The van der Waals surface area contributed by atoms with Crippen molar-refractivity contribution in [3.63, 3.8) is 0 Å². The molecule has 1 saturated heterocycles. The Labute approximate surface area is 122 Å². The first-order valence-corrected chi connectivity index (χ1v) is 7.04. The zero-order valence-corrected chi connectivity index (χ0v) is 11.9. The van der Waals surface area contributed by atoms with Crippen molar-refractivity contribution in [1.29, 1.82) is 0 Å². The lowest BCUT2D eigenvalue weighted by molar-refractivity contribution is -0.384. The van der Waals surface area contributed by atoms with Crippen molar-refractivity contribution in [3.8, 4) is 0 Å². The molecule has 0 aliphatic carbocycles. The summed E-state index contributed by atoms with van der Waals surface area (Å²) in [5.74, 6) is 0.171. The van der Waals surface area contributed by atoms with Crippen LogP contribution in [0.5, 0.6) is 0 Å². The highest BCUT2D eigenvalue weighted by Crippen LogP contribution is 2.29. The molecule has 1 aliphatic heterocycles. The molecule has 7 heteroatoms. The number of nitrogens with zero attached hydrogens (tertiary/aromatic N) is 3. The highest BCUT2D eigenvalue weighted by Gasteiger charge is 2.27. The summed E-state index contributed by atoms with van der Waals surface area (Å²) < 4.78 is 0. The van der Waals surface area contributed by atoms with Crippen LogP contribution in [-0.2, 0) is 4.79 Å². The highest BCUT2D eigenvalue weighted by atomic mass is 16.6. The molecule has 1 aliphatic rings. The molecule has 0 radical (unpaired) electrons. The van der Waals surface area contributed by atoms with E-state index < -0.39 is 10.9 Å². The lowest BCUT2D eigenvalue weighted by Crippen LogP contribution is -2.38. The average molecular weight is 293 g/mol. The van der Waals surface area contributed by atoms with Crippen molar-refractivity contribution in [2.75, 3.05) is 18.0 Å².